The lowest BCUT2D eigenvalue weighted by Gasteiger charge is -2.15. The van der Waals surface area contributed by atoms with Crippen LogP contribution in [-0.2, 0) is 19.1 Å². The molecule has 0 aromatic heterocycles. The fourth-order valence-corrected chi connectivity index (χ4v) is 2.28. The molecule has 28 heavy (non-hydrogen) atoms. The maximum absolute atomic E-state index is 12.0. The Labute approximate surface area is 160 Å². The van der Waals surface area contributed by atoms with Crippen molar-refractivity contribution in [2.45, 2.75) is 26.1 Å². The molecule has 2 atom stereocenters. The molecule has 0 fully saturated rings. The summed E-state index contributed by atoms with van der Waals surface area (Å²) < 4.78 is 8.96. The molecule has 0 heterocycles. The number of aryl methyl sites for hydroxylation is 2. The van der Waals surface area contributed by atoms with Crippen molar-refractivity contribution >= 4 is 23.9 Å². The number of aliphatic hydroxyl groups excluding tert-OH is 2. The van der Waals surface area contributed by atoms with Gasteiger partial charge in [0, 0.05) is 0 Å². The maximum atomic E-state index is 12.0. The van der Waals surface area contributed by atoms with Gasteiger partial charge in [0.2, 0.25) is 0 Å². The average Bonchev–Trinajstić information content (AvgIpc) is 2.67. The summed E-state index contributed by atoms with van der Waals surface area (Å²) in [5, 5.41) is 19.5. The first kappa shape index (κ1) is 20.9. The van der Waals surface area contributed by atoms with E-state index in [1.807, 2.05) is 0 Å². The average molecular weight is 386 g/mol. The lowest BCUT2D eigenvalue weighted by molar-refractivity contribution is -0.166. The third kappa shape index (κ3) is 4.87. The van der Waals surface area contributed by atoms with E-state index in [0.717, 1.165) is 0 Å². The van der Waals surface area contributed by atoms with Gasteiger partial charge in [-0.25, -0.2) is 19.2 Å². The largest absolute Gasteiger partial charge is 0.387 e. The third-order valence-corrected chi connectivity index (χ3v) is 3.90. The Kier molecular flexibility index (Phi) is 6.75. The number of aliphatic hydroxyl groups is 2. The van der Waals surface area contributed by atoms with Crippen LogP contribution in [0.3, 0.4) is 0 Å². The Morgan fingerprint density at radius 2 is 1.00 bits per heavy atom. The molecule has 0 saturated carbocycles. The molecule has 146 valence electrons. The fourth-order valence-electron chi connectivity index (χ4n) is 2.28. The molecule has 8 heteroatoms. The monoisotopic (exact) mass is 386 g/mol. The summed E-state index contributed by atoms with van der Waals surface area (Å²) in [5.41, 5.74) is 1.21. The van der Waals surface area contributed by atoms with Gasteiger partial charge in [-0.15, -0.1) is 0 Å². The lowest BCUT2D eigenvalue weighted by Crippen LogP contribution is -2.43. The zero-order valence-corrected chi connectivity index (χ0v) is 15.1. The molecule has 0 radical (unpaired) electrons. The summed E-state index contributed by atoms with van der Waals surface area (Å²) in [5.74, 6) is -5.22. The number of ether oxygens (including phenoxy) is 2. The lowest BCUT2D eigenvalue weighted by atomic mass is 10.1. The highest BCUT2D eigenvalue weighted by Gasteiger charge is 2.35. The first-order valence-corrected chi connectivity index (χ1v) is 8.21. The molecule has 2 aromatic carbocycles. The summed E-state index contributed by atoms with van der Waals surface area (Å²) in [4.78, 5) is 47.6. The summed E-state index contributed by atoms with van der Waals surface area (Å²) in [6.07, 6.45) is -4.82. The molecule has 0 spiro atoms. The molecule has 2 N–H and O–H groups in total. The van der Waals surface area contributed by atoms with Crippen LogP contribution in [0.25, 0.3) is 0 Å². The van der Waals surface area contributed by atoms with Crippen LogP contribution in [0.4, 0.5) is 0 Å². The number of rotatable bonds is 5. The summed E-state index contributed by atoms with van der Waals surface area (Å²) in [6, 6.07) is 12.5. The maximum Gasteiger partial charge on any atom is 0.346 e. The predicted octanol–water partition coefficient (Wildman–Crippen LogP) is 1.09. The van der Waals surface area contributed by atoms with Gasteiger partial charge in [-0.3, -0.25) is 0 Å². The number of hydrogen-bond acceptors (Lipinski definition) is 8. The Morgan fingerprint density at radius 1 is 0.679 bits per heavy atom. The molecule has 2 aromatic rings. The van der Waals surface area contributed by atoms with Crippen molar-refractivity contribution in [1.82, 2.24) is 0 Å². The SMILES string of the molecule is Cc1ccccc1C(=O)OC(=O)[C@H](O)[C@@H](O)C(=O)OC(=O)c1ccccc1C. The molecular formula is C20H18O8. The van der Waals surface area contributed by atoms with Gasteiger partial charge < -0.3 is 19.7 Å². The summed E-state index contributed by atoms with van der Waals surface area (Å²) >= 11 is 0. The predicted molar refractivity (Wildman–Crippen MR) is 95.2 cm³/mol. The standard InChI is InChI=1S/C20H18O8/c1-11-7-3-5-9-13(11)17(23)27-19(25)15(21)16(22)20(26)28-18(24)14-10-6-4-8-12(14)2/h3-10,15-16,21-22H,1-2H3/t15-,16-/m1/s1. The van der Waals surface area contributed by atoms with Crippen LogP contribution in [-0.4, -0.2) is 46.3 Å². The highest BCUT2D eigenvalue weighted by atomic mass is 16.6. The molecule has 8 nitrogen and oxygen atoms in total. The van der Waals surface area contributed by atoms with Gasteiger partial charge in [0.25, 0.3) is 0 Å². The van der Waals surface area contributed by atoms with E-state index in [1.54, 1.807) is 50.2 Å². The van der Waals surface area contributed by atoms with Crippen molar-refractivity contribution in [3.63, 3.8) is 0 Å². The van der Waals surface area contributed by atoms with Gasteiger partial charge in [-0.2, -0.15) is 0 Å². The highest BCUT2D eigenvalue weighted by molar-refractivity contribution is 6.02. The minimum Gasteiger partial charge on any atom is -0.387 e. The second kappa shape index (κ2) is 9.03. The zero-order valence-electron chi connectivity index (χ0n) is 15.1. The van der Waals surface area contributed by atoms with E-state index < -0.39 is 36.1 Å². The van der Waals surface area contributed by atoms with Crippen LogP contribution < -0.4 is 0 Å². The Morgan fingerprint density at radius 3 is 1.32 bits per heavy atom. The van der Waals surface area contributed by atoms with Gasteiger partial charge >= 0.3 is 23.9 Å². The molecule has 0 amide bonds. The molecule has 0 aliphatic carbocycles. The molecule has 0 unspecified atom stereocenters. The molecular weight excluding hydrogens is 368 g/mol. The minimum absolute atomic E-state index is 0.0786. The topological polar surface area (TPSA) is 127 Å². The van der Waals surface area contributed by atoms with Gasteiger partial charge in [-0.1, -0.05) is 36.4 Å². The zero-order chi connectivity index (χ0) is 20.8. The molecule has 2 rings (SSSR count). The van der Waals surface area contributed by atoms with Crippen molar-refractivity contribution in [2.75, 3.05) is 0 Å². The van der Waals surface area contributed by atoms with Crippen molar-refractivity contribution in [3.05, 3.63) is 70.8 Å². The first-order valence-electron chi connectivity index (χ1n) is 8.21. The summed E-state index contributed by atoms with van der Waals surface area (Å²) in [7, 11) is 0. The smallest absolute Gasteiger partial charge is 0.346 e. The van der Waals surface area contributed by atoms with E-state index in [-0.39, 0.29) is 11.1 Å². The van der Waals surface area contributed by atoms with Crippen LogP contribution in [0, 0.1) is 13.8 Å². The van der Waals surface area contributed by atoms with E-state index >= 15 is 0 Å². The Bertz CT molecular complexity index is 842. The Hall–Kier alpha value is -3.36. The van der Waals surface area contributed by atoms with E-state index in [4.69, 9.17) is 0 Å². The van der Waals surface area contributed by atoms with Crippen molar-refractivity contribution in [3.8, 4) is 0 Å². The van der Waals surface area contributed by atoms with Crippen molar-refractivity contribution < 1.29 is 38.9 Å². The van der Waals surface area contributed by atoms with E-state index in [1.165, 1.54) is 12.1 Å². The molecule has 0 aliphatic heterocycles. The van der Waals surface area contributed by atoms with Crippen LogP contribution in [0.1, 0.15) is 31.8 Å². The number of hydrogen-bond donors (Lipinski definition) is 2. The molecule has 0 aliphatic rings. The van der Waals surface area contributed by atoms with Crippen LogP contribution >= 0.6 is 0 Å². The van der Waals surface area contributed by atoms with E-state index in [0.29, 0.717) is 11.1 Å². The van der Waals surface area contributed by atoms with Gasteiger partial charge in [-0.05, 0) is 37.1 Å². The van der Waals surface area contributed by atoms with Crippen LogP contribution in [0.15, 0.2) is 48.5 Å². The summed E-state index contributed by atoms with van der Waals surface area (Å²) in [6.45, 7) is 3.22. The van der Waals surface area contributed by atoms with E-state index in [2.05, 4.69) is 9.47 Å². The highest BCUT2D eigenvalue weighted by Crippen LogP contribution is 2.12. The number of benzene rings is 2. The third-order valence-electron chi connectivity index (χ3n) is 3.90. The minimum atomic E-state index is -2.41. The second-order valence-electron chi connectivity index (χ2n) is 5.94. The van der Waals surface area contributed by atoms with Crippen molar-refractivity contribution in [1.29, 1.82) is 0 Å². The second-order valence-corrected chi connectivity index (χ2v) is 5.94. The normalized spacial score (nSPS) is 12.6. The van der Waals surface area contributed by atoms with Gasteiger partial charge in [0.05, 0.1) is 11.1 Å². The van der Waals surface area contributed by atoms with Gasteiger partial charge in [0.15, 0.2) is 12.2 Å². The Balaban J connectivity index is 1.99. The quantitative estimate of drug-likeness (QED) is 0.577. The number of carbonyl (C=O) groups is 4. The van der Waals surface area contributed by atoms with E-state index in [9.17, 15) is 29.4 Å². The molecule has 0 saturated heterocycles. The van der Waals surface area contributed by atoms with Crippen molar-refractivity contribution in [2.24, 2.45) is 0 Å². The number of esters is 4. The number of carbonyl (C=O) groups excluding carboxylic acids is 4. The van der Waals surface area contributed by atoms with Crippen LogP contribution in [0.2, 0.25) is 0 Å². The van der Waals surface area contributed by atoms with Gasteiger partial charge in [0.1, 0.15) is 0 Å². The van der Waals surface area contributed by atoms with Crippen LogP contribution in [0.5, 0.6) is 0 Å². The fraction of sp³-hybridized carbons (Fsp3) is 0.200. The molecule has 0 bridgehead atoms. The first-order chi connectivity index (χ1) is 13.2.